The average molecular weight is 641 g/mol. The highest BCUT2D eigenvalue weighted by Crippen LogP contribution is 2.25. The predicted octanol–water partition coefficient (Wildman–Crippen LogP) is 3.54. The first-order valence-electron chi connectivity index (χ1n) is 15.1. The second-order valence-corrected chi connectivity index (χ2v) is 13.8. The molecule has 0 aromatic heterocycles. The number of piperidine rings is 2. The molecule has 0 aliphatic carbocycles. The lowest BCUT2D eigenvalue weighted by atomic mass is 8.76. The minimum absolute atomic E-state index is 0. The number of likely N-dealkylation sites (tertiary alicyclic amines) is 1. The molecule has 4 rings (SSSR count). The quantitative estimate of drug-likeness (QED) is 0.420. The van der Waals surface area contributed by atoms with Crippen LogP contribution < -0.4 is 16.8 Å². The maximum Gasteiger partial charge on any atom is 0.410 e. The molecule has 2 aliphatic heterocycles. The van der Waals surface area contributed by atoms with Gasteiger partial charge in [0.1, 0.15) is 5.60 Å². The van der Waals surface area contributed by atoms with E-state index in [0.717, 1.165) is 55.8 Å². The zero-order valence-corrected chi connectivity index (χ0v) is 27.9. The van der Waals surface area contributed by atoms with E-state index in [1.54, 1.807) is 4.90 Å². The number of halogens is 2. The van der Waals surface area contributed by atoms with E-state index in [-0.39, 0.29) is 25.4 Å². The van der Waals surface area contributed by atoms with Crippen LogP contribution in [0.1, 0.15) is 65.0 Å². The molecule has 233 valence electrons. The van der Waals surface area contributed by atoms with Crippen LogP contribution >= 0.6 is 23.2 Å². The Kier molecular flexibility index (Phi) is 18.0. The fourth-order valence-corrected chi connectivity index (χ4v) is 5.33. The summed E-state index contributed by atoms with van der Waals surface area (Å²) in [6.45, 7) is 8.85. The first kappa shape index (κ1) is 41.6. The smallest absolute Gasteiger partial charge is 0.410 e. The molecule has 2 aromatic carbocycles. The Morgan fingerprint density at radius 2 is 1.44 bits per heavy atom. The van der Waals surface area contributed by atoms with Gasteiger partial charge in [-0.2, -0.15) is 0 Å². The SMILES string of the molecule is C.CC(C)(C)OC(=O)N1CCC[C@@](N)(Cc2ccc(Cl)cc2)C1.N[C@@]1(Cc2ccc(Cl)cc2)CCCNC1.[B][B]B([B])B([B])[B]. The zero-order valence-electron chi connectivity index (χ0n) is 26.4. The van der Waals surface area contributed by atoms with Gasteiger partial charge in [0.25, 0.3) is 0 Å². The van der Waals surface area contributed by atoms with E-state index in [4.69, 9.17) is 70.4 Å². The molecule has 0 spiro atoms. The van der Waals surface area contributed by atoms with Gasteiger partial charge in [-0.25, -0.2) is 4.79 Å². The fourth-order valence-electron chi connectivity index (χ4n) is 5.07. The molecule has 0 unspecified atom stereocenters. The van der Waals surface area contributed by atoms with Gasteiger partial charge in [0.2, 0.25) is 0 Å². The number of nitrogens with zero attached hydrogens (tertiary/aromatic N) is 1. The number of carbonyl (C=O) groups excluding carboxylic acids is 1. The van der Waals surface area contributed by atoms with Gasteiger partial charge < -0.3 is 26.4 Å². The monoisotopic (exact) mass is 641 g/mol. The summed E-state index contributed by atoms with van der Waals surface area (Å²) in [5.74, 6) is 0. The molecule has 2 fully saturated rings. The summed E-state index contributed by atoms with van der Waals surface area (Å²) in [5, 5.41) is 4.86. The second-order valence-electron chi connectivity index (χ2n) is 13.0. The van der Waals surface area contributed by atoms with Crippen molar-refractivity contribution in [3.05, 3.63) is 69.7 Å². The average Bonchev–Trinajstić information content (AvgIpc) is 2.95. The Balaban J connectivity index is 0.000000381. The molecule has 2 heterocycles. The lowest BCUT2D eigenvalue weighted by Gasteiger charge is -2.40. The summed E-state index contributed by atoms with van der Waals surface area (Å²) in [4.78, 5) is 14.0. The van der Waals surface area contributed by atoms with Gasteiger partial charge in [0.05, 0.1) is 0 Å². The van der Waals surface area contributed by atoms with Crippen LogP contribution in [0.15, 0.2) is 48.5 Å². The number of hydrogen-bond acceptors (Lipinski definition) is 5. The van der Waals surface area contributed by atoms with E-state index in [0.29, 0.717) is 18.1 Å². The van der Waals surface area contributed by atoms with Crippen LogP contribution in [0.25, 0.3) is 0 Å². The molecule has 0 bridgehead atoms. The molecule has 15 heteroatoms. The number of nitrogens with two attached hydrogens (primary N) is 2. The Labute approximate surface area is 289 Å². The Morgan fingerprint density at radius 3 is 1.84 bits per heavy atom. The number of amides is 1. The van der Waals surface area contributed by atoms with Crippen LogP contribution in [-0.4, -0.2) is 105 Å². The topological polar surface area (TPSA) is 93.6 Å². The Hall–Kier alpha value is -1.38. The van der Waals surface area contributed by atoms with Gasteiger partial charge in [-0.3, -0.25) is 0 Å². The molecule has 2 aliphatic rings. The molecule has 2 saturated heterocycles. The van der Waals surface area contributed by atoms with E-state index in [2.05, 4.69) is 17.4 Å². The third kappa shape index (κ3) is 16.3. The van der Waals surface area contributed by atoms with E-state index < -0.39 is 17.5 Å². The van der Waals surface area contributed by atoms with Gasteiger partial charge in [0.15, 0.2) is 0 Å². The Morgan fingerprint density at radius 1 is 0.956 bits per heavy atom. The minimum atomic E-state index is -0.537. The van der Waals surface area contributed by atoms with Crippen molar-refractivity contribution in [2.24, 2.45) is 11.5 Å². The molecule has 2 aromatic rings. The van der Waals surface area contributed by atoms with Gasteiger partial charge in [-0.1, -0.05) is 54.9 Å². The molecule has 6 nitrogen and oxygen atoms in total. The second kappa shape index (κ2) is 19.4. The summed E-state index contributed by atoms with van der Waals surface area (Å²) in [7, 11) is 21.6. The van der Waals surface area contributed by atoms with Gasteiger partial charge in [-0.05, 0) is 101 Å². The van der Waals surface area contributed by atoms with Crippen molar-refractivity contribution in [1.29, 1.82) is 0 Å². The molecular formula is C30H46B7Cl2N4O2. The number of ether oxygens (including phenoxy) is 1. The summed E-state index contributed by atoms with van der Waals surface area (Å²) in [6, 6.07) is 15.7. The highest BCUT2D eigenvalue weighted by atomic mass is 35.5. The van der Waals surface area contributed by atoms with Crippen molar-refractivity contribution in [2.75, 3.05) is 26.2 Å². The van der Waals surface area contributed by atoms with Gasteiger partial charge in [0, 0.05) is 91.5 Å². The van der Waals surface area contributed by atoms with E-state index >= 15 is 0 Å². The van der Waals surface area contributed by atoms with E-state index in [1.165, 1.54) is 19.0 Å². The van der Waals surface area contributed by atoms with Crippen LogP contribution in [0.2, 0.25) is 10.0 Å². The lowest BCUT2D eigenvalue weighted by Crippen LogP contribution is -2.57. The fraction of sp³-hybridized carbons (Fsp3) is 0.567. The van der Waals surface area contributed by atoms with Crippen molar-refractivity contribution in [2.45, 2.75) is 83.4 Å². The maximum absolute atomic E-state index is 12.2. The molecule has 0 saturated carbocycles. The number of rotatable bonds is 6. The van der Waals surface area contributed by atoms with Gasteiger partial charge in [-0.15, -0.1) is 0 Å². The highest BCUT2D eigenvalue weighted by Gasteiger charge is 2.35. The van der Waals surface area contributed by atoms with Crippen LogP contribution in [0.4, 0.5) is 4.79 Å². The number of nitrogens with one attached hydrogen (secondary N) is 1. The van der Waals surface area contributed by atoms with Crippen molar-refractivity contribution in [1.82, 2.24) is 10.2 Å². The first-order chi connectivity index (χ1) is 20.5. The summed E-state index contributed by atoms with van der Waals surface area (Å²) in [6.07, 6.45) is 4.51. The molecule has 45 heavy (non-hydrogen) atoms. The molecule has 2 atom stereocenters. The van der Waals surface area contributed by atoms with Crippen LogP contribution in [-0.2, 0) is 17.6 Å². The number of carbonyl (C=O) groups is 1. The molecule has 5 N–H and O–H groups in total. The standard InChI is InChI=1S/C17H25ClN2O2.C12H17ClN2.CH4.B7/c1-16(2,3)22-15(21)20-10-4-9-17(19,12-20)11-13-5-7-14(18)8-6-13;13-11-4-2-10(3-5-11)8-12(14)6-1-7-15-9-12;;1-5-7(4)6(2)3/h5-8H,4,9-12,19H2,1-3H3;2-5,15H,1,6-9,14H2;1H4;/t17-;12-;;/m11../s1. The third-order valence-corrected chi connectivity index (χ3v) is 7.87. The third-order valence-electron chi connectivity index (χ3n) is 7.37. The van der Waals surface area contributed by atoms with Crippen molar-refractivity contribution in [3.8, 4) is 0 Å². The summed E-state index contributed by atoms with van der Waals surface area (Å²) < 4.78 is 5.45. The van der Waals surface area contributed by atoms with Crippen molar-refractivity contribution in [3.63, 3.8) is 0 Å². The van der Waals surface area contributed by atoms with Crippen molar-refractivity contribution < 1.29 is 9.53 Å². The maximum atomic E-state index is 12.2. The zero-order chi connectivity index (χ0) is 33.0. The number of benzene rings is 2. The van der Waals surface area contributed by atoms with Crippen LogP contribution in [0.5, 0.6) is 0 Å². The van der Waals surface area contributed by atoms with Crippen molar-refractivity contribution >= 4 is 80.1 Å². The summed E-state index contributed by atoms with van der Waals surface area (Å²) >= 11 is 11.8. The number of hydrogen-bond donors (Lipinski definition) is 3. The first-order valence-corrected chi connectivity index (χ1v) is 15.9. The van der Waals surface area contributed by atoms with E-state index in [1.807, 2.05) is 57.2 Å². The normalized spacial score (nSPS) is 21.0. The largest absolute Gasteiger partial charge is 0.444 e. The minimum Gasteiger partial charge on any atom is -0.444 e. The highest BCUT2D eigenvalue weighted by molar-refractivity contribution is 7.81. The van der Waals surface area contributed by atoms with Gasteiger partial charge >= 0.3 is 6.09 Å². The predicted molar refractivity (Wildman–Crippen MR) is 200 cm³/mol. The van der Waals surface area contributed by atoms with Crippen LogP contribution in [0.3, 0.4) is 0 Å². The van der Waals surface area contributed by atoms with Crippen LogP contribution in [0, 0.1) is 0 Å². The molecular weight excluding hydrogens is 595 g/mol. The molecule has 1 amide bonds. The summed E-state index contributed by atoms with van der Waals surface area (Å²) in [5.41, 5.74) is 14.3. The lowest BCUT2D eigenvalue weighted by molar-refractivity contribution is 0.0140. The molecule has 9 radical (unpaired) electrons. The Bertz CT molecular complexity index is 1140. The van der Waals surface area contributed by atoms with E-state index in [9.17, 15) is 4.79 Å².